The van der Waals surface area contributed by atoms with Gasteiger partial charge in [-0.05, 0) is 137 Å². The molecule has 0 saturated heterocycles. The number of rotatable bonds is 4. The Morgan fingerprint density at radius 1 is 0.486 bits per heavy atom. The highest BCUT2D eigenvalue weighted by atomic mass is 14.3. The third-order valence-electron chi connectivity index (χ3n) is 8.31. The van der Waals surface area contributed by atoms with E-state index in [2.05, 4.69) is 104 Å². The van der Waals surface area contributed by atoms with Crippen molar-refractivity contribution in [3.8, 4) is 22.3 Å². The van der Waals surface area contributed by atoms with Crippen LogP contribution < -0.4 is 0 Å². The molecule has 0 aliphatic heterocycles. The molecule has 0 heterocycles. The van der Waals surface area contributed by atoms with Crippen molar-refractivity contribution in [2.75, 3.05) is 0 Å². The van der Waals surface area contributed by atoms with Crippen molar-refractivity contribution >= 4 is 11.1 Å². The number of allylic oxidation sites excluding steroid dienone is 2. The van der Waals surface area contributed by atoms with Crippen LogP contribution in [0.1, 0.15) is 103 Å². The zero-order valence-corrected chi connectivity index (χ0v) is 22.9. The molecule has 0 bridgehead atoms. The van der Waals surface area contributed by atoms with Crippen LogP contribution in [0.25, 0.3) is 33.4 Å². The van der Waals surface area contributed by atoms with Crippen LogP contribution in [0.3, 0.4) is 0 Å². The predicted octanol–water partition coefficient (Wildman–Crippen LogP) is 10.5. The van der Waals surface area contributed by atoms with Gasteiger partial charge in [0.05, 0.1) is 0 Å². The van der Waals surface area contributed by atoms with Crippen LogP contribution in [-0.4, -0.2) is 0 Å². The van der Waals surface area contributed by atoms with Crippen molar-refractivity contribution in [3.63, 3.8) is 0 Å². The fraction of sp³-hybridized carbons (Fsp3) is 0.371. The van der Waals surface area contributed by atoms with Crippen LogP contribution in [-0.2, 0) is 0 Å². The van der Waals surface area contributed by atoms with Gasteiger partial charge in [-0.25, -0.2) is 0 Å². The van der Waals surface area contributed by atoms with E-state index in [9.17, 15) is 0 Å². The Kier molecular flexibility index (Phi) is 6.12. The average Bonchev–Trinajstić information content (AvgIpc) is 3.41. The fourth-order valence-electron chi connectivity index (χ4n) is 6.21. The summed E-state index contributed by atoms with van der Waals surface area (Å²) in [6, 6.07) is 19.2. The molecule has 0 spiro atoms. The lowest BCUT2D eigenvalue weighted by Gasteiger charge is -2.12. The molecule has 180 valence electrons. The van der Waals surface area contributed by atoms with Gasteiger partial charge in [0.15, 0.2) is 0 Å². The number of aryl methyl sites for hydroxylation is 4. The second-order valence-electron chi connectivity index (χ2n) is 11.5. The second kappa shape index (κ2) is 8.98. The Labute approximate surface area is 212 Å². The van der Waals surface area contributed by atoms with Gasteiger partial charge in [-0.3, -0.25) is 0 Å². The number of fused-ring (bicyclic) bond motifs is 2. The Bertz CT molecular complexity index is 1290. The predicted molar refractivity (Wildman–Crippen MR) is 154 cm³/mol. The molecule has 0 fully saturated rings. The minimum atomic E-state index is 0.530. The lowest BCUT2D eigenvalue weighted by molar-refractivity contribution is 0.868. The van der Waals surface area contributed by atoms with Gasteiger partial charge < -0.3 is 0 Å². The highest BCUT2D eigenvalue weighted by Crippen LogP contribution is 2.50. The Morgan fingerprint density at radius 2 is 0.886 bits per heavy atom. The molecule has 0 N–H and O–H groups in total. The second-order valence-corrected chi connectivity index (χ2v) is 11.5. The standard InChI is InChI=1S/C35H40/c1-20(2)26-14-12-22(5)34-30(18-26)24(7)16-32(34)28-10-9-11-29(28)33-17-25(8)31-19-27(21(3)4)15-13-23(6)35(31)33/h12-21H,9-11H2,1-8H3. The summed E-state index contributed by atoms with van der Waals surface area (Å²) in [6.07, 6.45) is 3.58. The maximum Gasteiger partial charge on any atom is -0.00764 e. The summed E-state index contributed by atoms with van der Waals surface area (Å²) >= 11 is 0. The van der Waals surface area contributed by atoms with E-state index >= 15 is 0 Å². The van der Waals surface area contributed by atoms with Crippen molar-refractivity contribution in [1.82, 2.24) is 0 Å². The van der Waals surface area contributed by atoms with E-state index in [1.807, 2.05) is 0 Å². The van der Waals surface area contributed by atoms with Crippen LogP contribution in [0.2, 0.25) is 0 Å². The van der Waals surface area contributed by atoms with E-state index < -0.39 is 0 Å². The maximum absolute atomic E-state index is 2.48. The summed E-state index contributed by atoms with van der Waals surface area (Å²) in [5.74, 6) is 1.06. The van der Waals surface area contributed by atoms with Crippen molar-refractivity contribution in [3.05, 3.63) is 93.0 Å². The van der Waals surface area contributed by atoms with Gasteiger partial charge in [0.25, 0.3) is 0 Å². The van der Waals surface area contributed by atoms with Gasteiger partial charge in [0, 0.05) is 0 Å². The molecular formula is C35H40. The first-order valence-corrected chi connectivity index (χ1v) is 13.5. The topological polar surface area (TPSA) is 0 Å². The largest absolute Gasteiger partial charge is 0.0587 e. The Morgan fingerprint density at radius 3 is 1.26 bits per heavy atom. The minimum absolute atomic E-state index is 0.530. The van der Waals surface area contributed by atoms with E-state index in [1.165, 1.54) is 86.0 Å². The first-order valence-electron chi connectivity index (χ1n) is 13.5. The first kappa shape index (κ1) is 23.9. The zero-order valence-electron chi connectivity index (χ0n) is 22.9. The third-order valence-corrected chi connectivity index (χ3v) is 8.31. The van der Waals surface area contributed by atoms with Gasteiger partial charge in [0.2, 0.25) is 0 Å². The summed E-state index contributed by atoms with van der Waals surface area (Å²) in [7, 11) is 0. The molecule has 0 nitrogen and oxygen atoms in total. The molecule has 0 aromatic rings. The van der Waals surface area contributed by atoms with Crippen LogP contribution >= 0.6 is 0 Å². The van der Waals surface area contributed by atoms with Crippen LogP contribution in [0.4, 0.5) is 0 Å². The number of hydrogen-bond acceptors (Lipinski definition) is 0. The van der Waals surface area contributed by atoms with Crippen molar-refractivity contribution in [2.24, 2.45) is 0 Å². The summed E-state index contributed by atoms with van der Waals surface area (Å²) < 4.78 is 0. The molecule has 0 saturated carbocycles. The monoisotopic (exact) mass is 460 g/mol. The molecule has 35 heavy (non-hydrogen) atoms. The van der Waals surface area contributed by atoms with Crippen molar-refractivity contribution < 1.29 is 0 Å². The van der Waals surface area contributed by atoms with Gasteiger partial charge >= 0.3 is 0 Å². The average molecular weight is 461 g/mol. The Hall–Kier alpha value is -2.86. The van der Waals surface area contributed by atoms with Gasteiger partial charge in [0.1, 0.15) is 0 Å². The summed E-state index contributed by atoms with van der Waals surface area (Å²) in [5.41, 5.74) is 20.3. The van der Waals surface area contributed by atoms with Crippen molar-refractivity contribution in [2.45, 2.75) is 86.5 Å². The molecule has 5 aliphatic carbocycles. The minimum Gasteiger partial charge on any atom is -0.0587 e. The SMILES string of the molecule is Cc1cc(C2=C(c3cc(C)c4cc(C(C)C)ccc(C)c3-4)CCC2)c2c(C)ccc(C(C)C)cc1-2. The summed E-state index contributed by atoms with van der Waals surface area (Å²) in [4.78, 5) is 0. The van der Waals surface area contributed by atoms with E-state index in [4.69, 9.17) is 0 Å². The molecule has 0 heteroatoms. The number of hydrogen-bond donors (Lipinski definition) is 0. The van der Waals surface area contributed by atoms with E-state index in [1.54, 1.807) is 11.1 Å². The smallest absolute Gasteiger partial charge is 0.00764 e. The van der Waals surface area contributed by atoms with E-state index in [-0.39, 0.29) is 0 Å². The van der Waals surface area contributed by atoms with Crippen LogP contribution in [0.15, 0.2) is 48.5 Å². The summed E-state index contributed by atoms with van der Waals surface area (Å²) in [5, 5.41) is 0. The van der Waals surface area contributed by atoms with Gasteiger partial charge in [-0.2, -0.15) is 0 Å². The van der Waals surface area contributed by atoms with Crippen LogP contribution in [0.5, 0.6) is 0 Å². The Balaban J connectivity index is 1.74. The zero-order chi connectivity index (χ0) is 25.0. The third kappa shape index (κ3) is 4.02. The van der Waals surface area contributed by atoms with Crippen molar-refractivity contribution in [1.29, 1.82) is 0 Å². The normalized spacial score (nSPS) is 14.3. The highest BCUT2D eigenvalue weighted by Gasteiger charge is 2.27. The molecule has 0 aromatic heterocycles. The van der Waals surface area contributed by atoms with Gasteiger partial charge in [-0.1, -0.05) is 76.2 Å². The van der Waals surface area contributed by atoms with Gasteiger partial charge in [-0.15, -0.1) is 0 Å². The molecular weight excluding hydrogens is 420 g/mol. The van der Waals surface area contributed by atoms with Crippen LogP contribution in [0, 0.1) is 27.7 Å². The molecule has 5 rings (SSSR count). The molecule has 0 unspecified atom stereocenters. The molecule has 0 radical (unpaired) electrons. The molecule has 0 atom stereocenters. The molecule has 5 aliphatic rings. The van der Waals surface area contributed by atoms with E-state index in [0.717, 1.165) is 0 Å². The van der Waals surface area contributed by atoms with E-state index in [0.29, 0.717) is 11.8 Å². The fourth-order valence-corrected chi connectivity index (χ4v) is 6.21. The molecule has 0 aromatic carbocycles. The lowest BCUT2D eigenvalue weighted by Crippen LogP contribution is -1.89. The quantitative estimate of drug-likeness (QED) is 0.284. The maximum atomic E-state index is 2.48. The lowest BCUT2D eigenvalue weighted by atomic mass is 9.91. The first-order chi connectivity index (χ1) is 16.7. The summed E-state index contributed by atoms with van der Waals surface area (Å²) in [6.45, 7) is 18.4. The highest BCUT2D eigenvalue weighted by molar-refractivity contribution is 6.03. The molecule has 0 amide bonds.